The van der Waals surface area contributed by atoms with Crippen LogP contribution in [-0.2, 0) is 14.3 Å². The van der Waals surface area contributed by atoms with Crippen LogP contribution in [-0.4, -0.2) is 30.2 Å². The van der Waals surface area contributed by atoms with Crippen molar-refractivity contribution in [2.45, 2.75) is 114 Å². The van der Waals surface area contributed by atoms with Gasteiger partial charge in [-0.2, -0.15) is 0 Å². The van der Waals surface area contributed by atoms with Gasteiger partial charge in [-0.1, -0.05) is 55.4 Å². The monoisotopic (exact) mass is 384 g/mol. The van der Waals surface area contributed by atoms with Gasteiger partial charge in [0.25, 0.3) is 0 Å². The first-order valence-electron chi connectivity index (χ1n) is 10.7. The number of carbonyl (C=O) groups is 1. The lowest BCUT2D eigenvalue weighted by Gasteiger charge is -2.35. The number of ether oxygens (including phenoxy) is 2. The van der Waals surface area contributed by atoms with Gasteiger partial charge in [0.2, 0.25) is 0 Å². The second-order valence-corrected chi connectivity index (χ2v) is 11.9. The third-order valence-corrected chi connectivity index (χ3v) is 5.19. The predicted octanol–water partition coefficient (Wildman–Crippen LogP) is 6.68. The minimum Gasteiger partial charge on any atom is -0.373 e. The molecule has 0 rings (SSSR count). The van der Waals surface area contributed by atoms with Crippen LogP contribution in [0.4, 0.5) is 0 Å². The third-order valence-electron chi connectivity index (χ3n) is 5.19. The summed E-state index contributed by atoms with van der Waals surface area (Å²) in [6.45, 7) is 26.7. The summed E-state index contributed by atoms with van der Waals surface area (Å²) in [6.07, 6.45) is 3.09. The lowest BCUT2D eigenvalue weighted by molar-refractivity contribution is -0.137. The Kier molecular flexibility index (Phi) is 9.72. The van der Waals surface area contributed by atoms with Crippen molar-refractivity contribution >= 4 is 5.78 Å². The fraction of sp³-hybridized carbons (Fsp3) is 0.958. The van der Waals surface area contributed by atoms with E-state index in [-0.39, 0.29) is 28.5 Å². The summed E-state index contributed by atoms with van der Waals surface area (Å²) in [6, 6.07) is 0. The van der Waals surface area contributed by atoms with E-state index in [9.17, 15) is 4.79 Å². The fourth-order valence-corrected chi connectivity index (χ4v) is 3.31. The topological polar surface area (TPSA) is 35.5 Å². The molecule has 0 fully saturated rings. The zero-order valence-corrected chi connectivity index (χ0v) is 20.4. The van der Waals surface area contributed by atoms with Crippen LogP contribution in [0.1, 0.15) is 102 Å². The van der Waals surface area contributed by atoms with Gasteiger partial charge in [0.15, 0.2) is 0 Å². The van der Waals surface area contributed by atoms with Gasteiger partial charge >= 0.3 is 0 Å². The maximum Gasteiger partial charge on any atom is 0.141 e. The number of Topliss-reactive ketones (excluding diaryl/α,β-unsaturated/α-hetero) is 1. The summed E-state index contributed by atoms with van der Waals surface area (Å²) in [5, 5.41) is 0. The molecule has 0 amide bonds. The molecule has 0 saturated carbocycles. The van der Waals surface area contributed by atoms with Gasteiger partial charge in [0.05, 0.1) is 17.8 Å². The van der Waals surface area contributed by atoms with E-state index in [0.717, 1.165) is 25.9 Å². The van der Waals surface area contributed by atoms with Gasteiger partial charge in [-0.15, -0.1) is 0 Å². The maximum absolute atomic E-state index is 12.6. The summed E-state index contributed by atoms with van der Waals surface area (Å²) in [5.41, 5.74) is -0.520. The molecule has 0 aliphatic rings. The van der Waals surface area contributed by atoms with Crippen molar-refractivity contribution in [1.29, 1.82) is 0 Å². The average molecular weight is 385 g/mol. The summed E-state index contributed by atoms with van der Waals surface area (Å²) in [5.74, 6) is 0.644. The van der Waals surface area contributed by atoms with Crippen LogP contribution in [0.2, 0.25) is 0 Å². The van der Waals surface area contributed by atoms with E-state index in [2.05, 4.69) is 62.3 Å². The van der Waals surface area contributed by atoms with E-state index in [1.54, 1.807) is 0 Å². The van der Waals surface area contributed by atoms with Crippen molar-refractivity contribution in [2.24, 2.45) is 22.7 Å². The first-order valence-corrected chi connectivity index (χ1v) is 10.7. The molecule has 0 aromatic carbocycles. The molecule has 0 spiro atoms. The highest BCUT2D eigenvalue weighted by Gasteiger charge is 2.34. The van der Waals surface area contributed by atoms with Gasteiger partial charge in [0, 0.05) is 17.9 Å². The molecule has 2 unspecified atom stereocenters. The molecule has 2 atom stereocenters. The van der Waals surface area contributed by atoms with Crippen LogP contribution < -0.4 is 0 Å². The molecule has 0 aliphatic carbocycles. The molecule has 0 bridgehead atoms. The van der Waals surface area contributed by atoms with Gasteiger partial charge in [-0.05, 0) is 58.3 Å². The van der Waals surface area contributed by atoms with Crippen molar-refractivity contribution in [3.05, 3.63) is 0 Å². The standard InChI is InChI=1S/C24H48O3/c1-18(19(2)20(25)22(6,7)8)16-23(9,10)27-17-24(11,12)26-15-13-14-21(3,4)5/h18-19H,13-17H2,1-12H3. The Labute approximate surface area is 170 Å². The Morgan fingerprint density at radius 2 is 1.33 bits per heavy atom. The zero-order chi connectivity index (χ0) is 21.7. The molecular weight excluding hydrogens is 336 g/mol. The van der Waals surface area contributed by atoms with Crippen molar-refractivity contribution in [1.82, 2.24) is 0 Å². The van der Waals surface area contributed by atoms with E-state index in [1.165, 1.54) is 0 Å². The Bertz CT molecular complexity index is 449. The first kappa shape index (κ1) is 26.6. The second-order valence-electron chi connectivity index (χ2n) is 11.9. The lowest BCUT2D eigenvalue weighted by Crippen LogP contribution is -2.39. The number of ketones is 1. The summed E-state index contributed by atoms with van der Waals surface area (Å²) >= 11 is 0. The van der Waals surface area contributed by atoms with E-state index in [0.29, 0.717) is 17.8 Å². The van der Waals surface area contributed by atoms with Crippen LogP contribution in [0.25, 0.3) is 0 Å². The van der Waals surface area contributed by atoms with Crippen molar-refractivity contribution in [2.75, 3.05) is 13.2 Å². The van der Waals surface area contributed by atoms with E-state index >= 15 is 0 Å². The second kappa shape index (κ2) is 9.87. The van der Waals surface area contributed by atoms with E-state index in [1.807, 2.05) is 20.8 Å². The van der Waals surface area contributed by atoms with Crippen molar-refractivity contribution in [3.63, 3.8) is 0 Å². The fourth-order valence-electron chi connectivity index (χ4n) is 3.31. The van der Waals surface area contributed by atoms with Crippen LogP contribution in [0.3, 0.4) is 0 Å². The largest absolute Gasteiger partial charge is 0.373 e. The van der Waals surface area contributed by atoms with Crippen molar-refractivity contribution in [3.8, 4) is 0 Å². The molecule has 0 aromatic rings. The Morgan fingerprint density at radius 3 is 1.78 bits per heavy atom. The zero-order valence-electron chi connectivity index (χ0n) is 20.4. The summed E-state index contributed by atoms with van der Waals surface area (Å²) in [4.78, 5) is 12.6. The molecular formula is C24H48O3. The lowest BCUT2D eigenvalue weighted by atomic mass is 9.76. The summed E-state index contributed by atoms with van der Waals surface area (Å²) in [7, 11) is 0. The molecule has 0 N–H and O–H groups in total. The molecule has 3 heteroatoms. The van der Waals surface area contributed by atoms with Crippen molar-refractivity contribution < 1.29 is 14.3 Å². The van der Waals surface area contributed by atoms with Gasteiger partial charge in [0.1, 0.15) is 5.78 Å². The Morgan fingerprint density at radius 1 is 0.815 bits per heavy atom. The molecule has 3 nitrogen and oxygen atoms in total. The maximum atomic E-state index is 12.6. The number of rotatable bonds is 11. The predicted molar refractivity (Wildman–Crippen MR) is 116 cm³/mol. The molecule has 0 saturated heterocycles. The minimum absolute atomic E-state index is 0.0366. The highest BCUT2D eigenvalue weighted by atomic mass is 16.6. The third kappa shape index (κ3) is 11.9. The first-order chi connectivity index (χ1) is 11.9. The molecule has 162 valence electrons. The Balaban J connectivity index is 4.50. The highest BCUT2D eigenvalue weighted by molar-refractivity contribution is 5.85. The quantitative estimate of drug-likeness (QED) is 0.373. The van der Waals surface area contributed by atoms with Crippen LogP contribution in [0.5, 0.6) is 0 Å². The van der Waals surface area contributed by atoms with E-state index in [4.69, 9.17) is 9.47 Å². The van der Waals surface area contributed by atoms with Gasteiger partial charge in [-0.3, -0.25) is 4.79 Å². The number of hydrogen-bond acceptors (Lipinski definition) is 3. The molecule has 27 heavy (non-hydrogen) atoms. The van der Waals surface area contributed by atoms with Crippen LogP contribution >= 0.6 is 0 Å². The average Bonchev–Trinajstić information content (AvgIpc) is 2.46. The highest BCUT2D eigenvalue weighted by Crippen LogP contribution is 2.31. The molecule has 0 heterocycles. The number of carbonyl (C=O) groups excluding carboxylic acids is 1. The Hall–Kier alpha value is -0.410. The summed E-state index contributed by atoms with van der Waals surface area (Å²) < 4.78 is 12.3. The van der Waals surface area contributed by atoms with Crippen LogP contribution in [0.15, 0.2) is 0 Å². The van der Waals surface area contributed by atoms with Gasteiger partial charge < -0.3 is 9.47 Å². The minimum atomic E-state index is -0.300. The molecule has 0 radical (unpaired) electrons. The smallest absolute Gasteiger partial charge is 0.141 e. The van der Waals surface area contributed by atoms with E-state index < -0.39 is 0 Å². The van der Waals surface area contributed by atoms with Crippen LogP contribution in [0, 0.1) is 22.7 Å². The normalized spacial score (nSPS) is 16.3. The SMILES string of the molecule is CC(CC(C)(C)OCC(C)(C)OCCCC(C)(C)C)C(C)C(=O)C(C)(C)C. The van der Waals surface area contributed by atoms with Gasteiger partial charge in [-0.25, -0.2) is 0 Å². The molecule has 0 aliphatic heterocycles. The molecule has 0 aromatic heterocycles. The number of hydrogen-bond donors (Lipinski definition) is 0.